The second kappa shape index (κ2) is 5.82. The first kappa shape index (κ1) is 14.0. The third-order valence-electron chi connectivity index (χ3n) is 3.78. The molecule has 0 radical (unpaired) electrons. The standard InChI is InChI=1S/C15H17BrN2OS/c1-2-18-14(11(16)9-17-18)15(19)13-8-10-6-4-3-5-7-12(10)20-13/h8-9H,2-7H2,1H3. The third kappa shape index (κ3) is 2.49. The van der Waals surface area contributed by atoms with Gasteiger partial charge >= 0.3 is 0 Å². The molecule has 106 valence electrons. The lowest BCUT2D eigenvalue weighted by Gasteiger charge is -2.03. The molecule has 0 aromatic carbocycles. The van der Waals surface area contributed by atoms with Crippen molar-refractivity contribution in [2.24, 2.45) is 0 Å². The van der Waals surface area contributed by atoms with Gasteiger partial charge in [0.1, 0.15) is 5.69 Å². The minimum atomic E-state index is 0.0919. The highest BCUT2D eigenvalue weighted by Crippen LogP contribution is 2.31. The largest absolute Gasteiger partial charge is 0.286 e. The van der Waals surface area contributed by atoms with Crippen molar-refractivity contribution in [1.29, 1.82) is 0 Å². The summed E-state index contributed by atoms with van der Waals surface area (Å²) >= 11 is 5.11. The van der Waals surface area contributed by atoms with E-state index in [0.29, 0.717) is 12.2 Å². The number of rotatable bonds is 3. The van der Waals surface area contributed by atoms with Crippen LogP contribution in [0.15, 0.2) is 16.7 Å². The maximum Gasteiger partial charge on any atom is 0.222 e. The topological polar surface area (TPSA) is 34.9 Å². The number of halogens is 1. The van der Waals surface area contributed by atoms with Crippen LogP contribution in [0.4, 0.5) is 0 Å². The molecule has 3 rings (SSSR count). The fourth-order valence-electron chi connectivity index (χ4n) is 2.72. The Balaban J connectivity index is 1.96. The summed E-state index contributed by atoms with van der Waals surface area (Å²) < 4.78 is 2.55. The molecule has 2 aromatic heterocycles. The number of carbonyl (C=O) groups excluding carboxylic acids is 1. The number of thiophene rings is 1. The first-order chi connectivity index (χ1) is 9.70. The minimum absolute atomic E-state index is 0.0919. The van der Waals surface area contributed by atoms with Gasteiger partial charge in [-0.2, -0.15) is 5.10 Å². The van der Waals surface area contributed by atoms with Crippen molar-refractivity contribution >= 4 is 33.0 Å². The molecule has 0 N–H and O–H groups in total. The lowest BCUT2D eigenvalue weighted by molar-refractivity contribution is 0.103. The van der Waals surface area contributed by atoms with E-state index < -0.39 is 0 Å². The van der Waals surface area contributed by atoms with Crippen molar-refractivity contribution < 1.29 is 4.79 Å². The maximum absolute atomic E-state index is 12.7. The molecule has 0 atom stereocenters. The lowest BCUT2D eigenvalue weighted by atomic mass is 10.1. The molecule has 2 aromatic rings. The van der Waals surface area contributed by atoms with E-state index in [1.165, 1.54) is 29.7 Å². The number of fused-ring (bicyclic) bond motifs is 1. The van der Waals surface area contributed by atoms with Crippen LogP contribution in [0.5, 0.6) is 0 Å². The van der Waals surface area contributed by atoms with E-state index in [1.807, 2.05) is 6.92 Å². The Morgan fingerprint density at radius 3 is 3.00 bits per heavy atom. The molecule has 0 bridgehead atoms. The smallest absolute Gasteiger partial charge is 0.222 e. The van der Waals surface area contributed by atoms with Crippen molar-refractivity contribution in [3.63, 3.8) is 0 Å². The SMILES string of the molecule is CCn1ncc(Br)c1C(=O)c1cc2c(s1)CCCCC2. The predicted octanol–water partition coefficient (Wildman–Crippen LogP) is 4.23. The summed E-state index contributed by atoms with van der Waals surface area (Å²) in [6, 6.07) is 2.10. The molecule has 0 amide bonds. The van der Waals surface area contributed by atoms with Crippen LogP contribution in [0, 0.1) is 0 Å². The first-order valence-corrected chi connectivity index (χ1v) is 8.69. The van der Waals surface area contributed by atoms with Crippen LogP contribution in [-0.2, 0) is 19.4 Å². The normalized spacial score (nSPS) is 14.9. The fraction of sp³-hybridized carbons (Fsp3) is 0.467. The molecule has 1 aliphatic rings. The molecule has 0 unspecified atom stereocenters. The Morgan fingerprint density at radius 1 is 1.40 bits per heavy atom. The zero-order chi connectivity index (χ0) is 14.1. The number of aryl methyl sites for hydroxylation is 3. The number of nitrogens with zero attached hydrogens (tertiary/aromatic N) is 2. The number of carbonyl (C=O) groups is 1. The predicted molar refractivity (Wildman–Crippen MR) is 84.6 cm³/mol. The van der Waals surface area contributed by atoms with Crippen molar-refractivity contribution in [3.8, 4) is 0 Å². The molecule has 3 nitrogen and oxygen atoms in total. The zero-order valence-corrected chi connectivity index (χ0v) is 13.9. The summed E-state index contributed by atoms with van der Waals surface area (Å²) in [6.07, 6.45) is 7.74. The van der Waals surface area contributed by atoms with Gasteiger partial charge in [-0.3, -0.25) is 9.48 Å². The highest BCUT2D eigenvalue weighted by atomic mass is 79.9. The summed E-state index contributed by atoms with van der Waals surface area (Å²) in [4.78, 5) is 15.0. The fourth-order valence-corrected chi connectivity index (χ4v) is 4.39. The highest BCUT2D eigenvalue weighted by molar-refractivity contribution is 9.10. The molecular formula is C15H17BrN2OS. The quantitative estimate of drug-likeness (QED) is 0.612. The van der Waals surface area contributed by atoms with Gasteiger partial charge in [0.05, 0.1) is 15.5 Å². The molecular weight excluding hydrogens is 336 g/mol. The average molecular weight is 353 g/mol. The minimum Gasteiger partial charge on any atom is -0.286 e. The number of hydrogen-bond donors (Lipinski definition) is 0. The van der Waals surface area contributed by atoms with Crippen LogP contribution < -0.4 is 0 Å². The van der Waals surface area contributed by atoms with Crippen LogP contribution >= 0.6 is 27.3 Å². The second-order valence-electron chi connectivity index (χ2n) is 5.11. The zero-order valence-electron chi connectivity index (χ0n) is 11.5. The third-order valence-corrected chi connectivity index (χ3v) is 5.60. The van der Waals surface area contributed by atoms with E-state index in [9.17, 15) is 4.79 Å². The number of ketones is 1. The van der Waals surface area contributed by atoms with Gasteiger partial charge in [-0.05, 0) is 60.2 Å². The molecule has 0 spiro atoms. The van der Waals surface area contributed by atoms with E-state index >= 15 is 0 Å². The Morgan fingerprint density at radius 2 is 2.20 bits per heavy atom. The van der Waals surface area contributed by atoms with Crippen molar-refractivity contribution in [2.45, 2.75) is 45.6 Å². The van der Waals surface area contributed by atoms with E-state index in [2.05, 4.69) is 27.1 Å². The van der Waals surface area contributed by atoms with Gasteiger partial charge in [0.25, 0.3) is 0 Å². The van der Waals surface area contributed by atoms with Crippen LogP contribution in [-0.4, -0.2) is 15.6 Å². The van der Waals surface area contributed by atoms with Gasteiger partial charge in [0, 0.05) is 11.4 Å². The van der Waals surface area contributed by atoms with Gasteiger partial charge in [0.2, 0.25) is 5.78 Å². The Labute approximate surface area is 131 Å². The van der Waals surface area contributed by atoms with Gasteiger partial charge in [-0.15, -0.1) is 11.3 Å². The highest BCUT2D eigenvalue weighted by Gasteiger charge is 2.22. The summed E-state index contributed by atoms with van der Waals surface area (Å²) in [5.74, 6) is 0.0919. The average Bonchev–Trinajstić information content (AvgIpc) is 2.95. The van der Waals surface area contributed by atoms with E-state index in [-0.39, 0.29) is 5.78 Å². The Bertz CT molecular complexity index is 621. The van der Waals surface area contributed by atoms with Gasteiger partial charge < -0.3 is 0 Å². The van der Waals surface area contributed by atoms with E-state index in [4.69, 9.17) is 0 Å². The van der Waals surface area contributed by atoms with Gasteiger partial charge in [-0.25, -0.2) is 0 Å². The van der Waals surface area contributed by atoms with Crippen LogP contribution in [0.2, 0.25) is 0 Å². The molecule has 1 aliphatic carbocycles. The van der Waals surface area contributed by atoms with Gasteiger partial charge in [-0.1, -0.05) is 6.42 Å². The van der Waals surface area contributed by atoms with E-state index in [1.54, 1.807) is 22.2 Å². The lowest BCUT2D eigenvalue weighted by Crippen LogP contribution is -2.10. The molecule has 0 saturated heterocycles. The summed E-state index contributed by atoms with van der Waals surface area (Å²) in [6.45, 7) is 2.71. The summed E-state index contributed by atoms with van der Waals surface area (Å²) in [5.41, 5.74) is 2.05. The molecule has 0 saturated carbocycles. The first-order valence-electron chi connectivity index (χ1n) is 7.08. The summed E-state index contributed by atoms with van der Waals surface area (Å²) in [7, 11) is 0. The molecule has 20 heavy (non-hydrogen) atoms. The van der Waals surface area contributed by atoms with E-state index in [0.717, 1.165) is 22.2 Å². The maximum atomic E-state index is 12.7. The van der Waals surface area contributed by atoms with Crippen LogP contribution in [0.25, 0.3) is 0 Å². The Hall–Kier alpha value is -0.940. The van der Waals surface area contributed by atoms with Crippen molar-refractivity contribution in [1.82, 2.24) is 9.78 Å². The van der Waals surface area contributed by atoms with Crippen molar-refractivity contribution in [2.75, 3.05) is 0 Å². The molecule has 2 heterocycles. The molecule has 0 fully saturated rings. The van der Waals surface area contributed by atoms with Crippen LogP contribution in [0.3, 0.4) is 0 Å². The molecule has 5 heteroatoms. The monoisotopic (exact) mass is 352 g/mol. The Kier molecular flexibility index (Phi) is 4.08. The second-order valence-corrected chi connectivity index (χ2v) is 7.10. The number of hydrogen-bond acceptors (Lipinski definition) is 3. The van der Waals surface area contributed by atoms with Crippen molar-refractivity contribution in [3.05, 3.63) is 37.7 Å². The van der Waals surface area contributed by atoms with Gasteiger partial charge in [0.15, 0.2) is 0 Å². The number of aromatic nitrogens is 2. The van der Waals surface area contributed by atoms with Crippen LogP contribution in [0.1, 0.15) is 52.0 Å². The molecule has 0 aliphatic heterocycles. The summed E-state index contributed by atoms with van der Waals surface area (Å²) in [5, 5.41) is 4.23.